The van der Waals surface area contributed by atoms with Crippen molar-refractivity contribution < 1.29 is 14.6 Å². The number of nitrogens with zero attached hydrogens (tertiary/aromatic N) is 1. The highest BCUT2D eigenvalue weighted by Gasteiger charge is 2.46. The first-order valence-corrected chi connectivity index (χ1v) is 7.63. The number of hydrogen-bond donors (Lipinski definition) is 2. The lowest BCUT2D eigenvalue weighted by atomic mass is 9.70. The number of carbonyl (C=O) groups excluding carboxylic acids is 1. The average molecular weight is 284 g/mol. The molecule has 1 amide bonds. The maximum atomic E-state index is 12.3. The normalized spacial score (nSPS) is 33.2. The molecule has 2 atom stereocenters. The van der Waals surface area contributed by atoms with E-state index in [0.717, 1.165) is 26.1 Å². The predicted molar refractivity (Wildman–Crippen MR) is 77.1 cm³/mol. The summed E-state index contributed by atoms with van der Waals surface area (Å²) < 4.78 is 5.38. The summed E-state index contributed by atoms with van der Waals surface area (Å²) >= 11 is 0. The average Bonchev–Trinajstić information content (AvgIpc) is 2.41. The van der Waals surface area contributed by atoms with Crippen molar-refractivity contribution in [1.82, 2.24) is 4.90 Å². The zero-order valence-corrected chi connectivity index (χ0v) is 12.9. The van der Waals surface area contributed by atoms with Gasteiger partial charge >= 0.3 is 0 Å². The summed E-state index contributed by atoms with van der Waals surface area (Å²) in [6, 6.07) is 0. The topological polar surface area (TPSA) is 75.8 Å². The highest BCUT2D eigenvalue weighted by atomic mass is 16.5. The van der Waals surface area contributed by atoms with Gasteiger partial charge in [-0.3, -0.25) is 4.79 Å². The SMILES string of the molecule is CC1CN(C(=O)C(C)(C)N)CCC1(O)C1CCOCC1. The lowest BCUT2D eigenvalue weighted by molar-refractivity contribution is -0.154. The van der Waals surface area contributed by atoms with Crippen molar-refractivity contribution in [1.29, 1.82) is 0 Å². The van der Waals surface area contributed by atoms with Crippen molar-refractivity contribution in [2.24, 2.45) is 17.6 Å². The third kappa shape index (κ3) is 3.00. The number of rotatable bonds is 2. The monoisotopic (exact) mass is 284 g/mol. The number of hydrogen-bond acceptors (Lipinski definition) is 4. The summed E-state index contributed by atoms with van der Waals surface area (Å²) in [5, 5.41) is 11.0. The van der Waals surface area contributed by atoms with Crippen LogP contribution in [0.3, 0.4) is 0 Å². The van der Waals surface area contributed by atoms with E-state index < -0.39 is 11.1 Å². The molecule has 0 spiro atoms. The van der Waals surface area contributed by atoms with Crippen molar-refractivity contribution in [3.8, 4) is 0 Å². The molecule has 0 bridgehead atoms. The Labute approximate surface area is 121 Å². The van der Waals surface area contributed by atoms with Crippen LogP contribution in [0.15, 0.2) is 0 Å². The van der Waals surface area contributed by atoms with Crippen molar-refractivity contribution >= 4 is 5.91 Å². The van der Waals surface area contributed by atoms with E-state index in [-0.39, 0.29) is 17.7 Å². The molecular formula is C15H28N2O3. The van der Waals surface area contributed by atoms with Crippen molar-refractivity contribution in [3.05, 3.63) is 0 Å². The molecule has 2 rings (SSSR count). The van der Waals surface area contributed by atoms with Gasteiger partial charge in [0, 0.05) is 32.2 Å². The second-order valence-corrected chi connectivity index (χ2v) is 7.00. The zero-order chi connectivity index (χ0) is 15.0. The molecular weight excluding hydrogens is 256 g/mol. The number of amides is 1. The molecule has 2 unspecified atom stereocenters. The van der Waals surface area contributed by atoms with Crippen molar-refractivity contribution in [2.75, 3.05) is 26.3 Å². The fourth-order valence-corrected chi connectivity index (χ4v) is 3.54. The lowest BCUT2D eigenvalue weighted by Crippen LogP contribution is -2.60. The van der Waals surface area contributed by atoms with Crippen LogP contribution in [0, 0.1) is 11.8 Å². The molecule has 20 heavy (non-hydrogen) atoms. The summed E-state index contributed by atoms with van der Waals surface area (Å²) in [5.74, 6) is 0.332. The predicted octanol–water partition coefficient (Wildman–Crippen LogP) is 0.750. The summed E-state index contributed by atoms with van der Waals surface area (Å²) in [6.07, 6.45) is 2.47. The van der Waals surface area contributed by atoms with Crippen LogP contribution in [0.25, 0.3) is 0 Å². The van der Waals surface area contributed by atoms with E-state index in [1.54, 1.807) is 18.7 Å². The van der Waals surface area contributed by atoms with Crippen LogP contribution in [0.1, 0.15) is 40.0 Å². The van der Waals surface area contributed by atoms with Gasteiger partial charge < -0.3 is 20.5 Å². The Morgan fingerprint density at radius 3 is 2.50 bits per heavy atom. The summed E-state index contributed by atoms with van der Waals surface area (Å²) in [5.41, 5.74) is 4.39. The molecule has 0 aliphatic carbocycles. The molecule has 2 aliphatic rings. The third-order valence-electron chi connectivity index (χ3n) is 4.90. The maximum absolute atomic E-state index is 12.3. The second-order valence-electron chi connectivity index (χ2n) is 7.00. The maximum Gasteiger partial charge on any atom is 0.242 e. The number of ether oxygens (including phenoxy) is 1. The van der Waals surface area contributed by atoms with Crippen LogP contribution in [-0.2, 0) is 9.53 Å². The zero-order valence-electron chi connectivity index (χ0n) is 12.9. The van der Waals surface area contributed by atoms with Gasteiger partial charge in [-0.15, -0.1) is 0 Å². The van der Waals surface area contributed by atoms with Crippen LogP contribution in [-0.4, -0.2) is 53.4 Å². The highest BCUT2D eigenvalue weighted by molar-refractivity contribution is 5.85. The minimum Gasteiger partial charge on any atom is -0.389 e. The number of nitrogens with two attached hydrogens (primary N) is 1. The molecule has 0 aromatic rings. The summed E-state index contributed by atoms with van der Waals surface area (Å²) in [6.45, 7) is 8.16. The van der Waals surface area contributed by atoms with Gasteiger partial charge in [0.2, 0.25) is 5.91 Å². The van der Waals surface area contributed by atoms with Crippen LogP contribution in [0.5, 0.6) is 0 Å². The van der Waals surface area contributed by atoms with Crippen LogP contribution in [0.4, 0.5) is 0 Å². The van der Waals surface area contributed by atoms with Crippen molar-refractivity contribution in [3.63, 3.8) is 0 Å². The smallest absolute Gasteiger partial charge is 0.242 e. The van der Waals surface area contributed by atoms with Crippen molar-refractivity contribution in [2.45, 2.75) is 51.2 Å². The molecule has 0 radical (unpaired) electrons. The first-order chi connectivity index (χ1) is 9.25. The fourth-order valence-electron chi connectivity index (χ4n) is 3.54. The summed E-state index contributed by atoms with van der Waals surface area (Å²) in [7, 11) is 0. The molecule has 5 heteroatoms. The minimum absolute atomic E-state index is 0.0293. The Hall–Kier alpha value is -0.650. The molecule has 2 heterocycles. The van der Waals surface area contributed by atoms with E-state index in [9.17, 15) is 9.90 Å². The lowest BCUT2D eigenvalue weighted by Gasteiger charge is -2.49. The first kappa shape index (κ1) is 15.7. The first-order valence-electron chi connectivity index (χ1n) is 7.63. The standard InChI is InChI=1S/C15H28N2O3/c1-11-10-17(13(18)14(2,3)16)7-6-15(11,19)12-4-8-20-9-5-12/h11-12,19H,4-10,16H2,1-3H3. The minimum atomic E-state index is -0.839. The number of carbonyl (C=O) groups is 1. The molecule has 2 saturated heterocycles. The molecule has 0 aromatic carbocycles. The van der Waals surface area contributed by atoms with Crippen LogP contribution >= 0.6 is 0 Å². The molecule has 2 aliphatic heterocycles. The molecule has 5 nitrogen and oxygen atoms in total. The van der Waals surface area contributed by atoms with Gasteiger partial charge in [-0.05, 0) is 39.0 Å². The van der Waals surface area contributed by atoms with E-state index >= 15 is 0 Å². The Balaban J connectivity index is 2.03. The van der Waals surface area contributed by atoms with E-state index in [2.05, 4.69) is 0 Å². The van der Waals surface area contributed by atoms with Crippen LogP contribution in [0.2, 0.25) is 0 Å². The van der Waals surface area contributed by atoms with E-state index in [4.69, 9.17) is 10.5 Å². The Morgan fingerprint density at radius 1 is 1.40 bits per heavy atom. The van der Waals surface area contributed by atoms with E-state index in [1.807, 2.05) is 6.92 Å². The van der Waals surface area contributed by atoms with Gasteiger partial charge in [0.25, 0.3) is 0 Å². The van der Waals surface area contributed by atoms with Gasteiger partial charge in [0.1, 0.15) is 0 Å². The molecule has 0 saturated carbocycles. The molecule has 116 valence electrons. The summed E-state index contributed by atoms with van der Waals surface area (Å²) in [4.78, 5) is 14.1. The van der Waals surface area contributed by atoms with Crippen LogP contribution < -0.4 is 5.73 Å². The van der Waals surface area contributed by atoms with Gasteiger partial charge in [-0.2, -0.15) is 0 Å². The van der Waals surface area contributed by atoms with Gasteiger partial charge in [-0.1, -0.05) is 6.92 Å². The number of likely N-dealkylation sites (tertiary alicyclic amines) is 1. The van der Waals surface area contributed by atoms with Gasteiger partial charge in [-0.25, -0.2) is 0 Å². The third-order valence-corrected chi connectivity index (χ3v) is 4.90. The van der Waals surface area contributed by atoms with Gasteiger partial charge in [0.05, 0.1) is 11.1 Å². The largest absolute Gasteiger partial charge is 0.389 e. The number of piperidine rings is 1. The number of aliphatic hydroxyl groups is 1. The van der Waals surface area contributed by atoms with E-state index in [1.165, 1.54) is 0 Å². The Kier molecular flexibility index (Phi) is 4.42. The quantitative estimate of drug-likeness (QED) is 0.784. The second kappa shape index (κ2) is 5.62. The van der Waals surface area contributed by atoms with Gasteiger partial charge in [0.15, 0.2) is 0 Å². The Morgan fingerprint density at radius 2 is 2.00 bits per heavy atom. The molecule has 0 aromatic heterocycles. The Bertz CT molecular complexity index is 361. The fraction of sp³-hybridized carbons (Fsp3) is 0.933. The highest BCUT2D eigenvalue weighted by Crippen LogP contribution is 2.39. The van der Waals surface area contributed by atoms with E-state index in [0.29, 0.717) is 19.5 Å². The molecule has 3 N–H and O–H groups in total. The molecule has 2 fully saturated rings.